The van der Waals surface area contributed by atoms with Crippen LogP contribution in [0, 0.1) is 6.92 Å². The molecule has 0 aliphatic carbocycles. The van der Waals surface area contributed by atoms with Gasteiger partial charge in [0.05, 0.1) is 69.7 Å². The maximum atomic E-state index is 13.3. The van der Waals surface area contributed by atoms with Crippen LogP contribution in [0.1, 0.15) is 111 Å². The Hall–Kier alpha value is -2.62. The van der Waals surface area contributed by atoms with Crippen molar-refractivity contribution in [3.8, 4) is 22.8 Å². The predicted molar refractivity (Wildman–Crippen MR) is 190 cm³/mol. The van der Waals surface area contributed by atoms with Gasteiger partial charge < -0.3 is 9.47 Å². The number of pyridine rings is 1. The normalized spacial score (nSPS) is 15.4. The summed E-state index contributed by atoms with van der Waals surface area (Å²) in [7, 11) is -1.15. The van der Waals surface area contributed by atoms with Gasteiger partial charge in [0, 0.05) is 30.6 Å². The number of imidazole rings is 1. The van der Waals surface area contributed by atoms with E-state index in [1.165, 1.54) is 0 Å². The number of aromatic nitrogens is 4. The van der Waals surface area contributed by atoms with Crippen LogP contribution in [0.4, 0.5) is 13.2 Å². The molecular formula is C34H53F3N6O4S2. The number of ether oxygens (including phenoxy) is 2. The SMILES string of the molecule is CCN([C@H](C)c1cc(-c2cc(OCCCCC[C@H](CCC(F)(F)F)N[S@@](=O)C(C)(C)C)c3nc(C)cn3n2)c(OC)cn1)[S@@](=O)C(C)(C)C. The second-order valence-corrected chi connectivity index (χ2v) is 18.4. The fourth-order valence-corrected chi connectivity index (χ4v) is 7.39. The van der Waals surface area contributed by atoms with E-state index in [9.17, 15) is 21.6 Å². The Bertz CT molecular complexity index is 1590. The predicted octanol–water partition coefficient (Wildman–Crippen LogP) is 7.66. The monoisotopic (exact) mass is 730 g/mol. The van der Waals surface area contributed by atoms with Crippen LogP contribution in [0.3, 0.4) is 0 Å². The summed E-state index contributed by atoms with van der Waals surface area (Å²) < 4.78 is 82.1. The van der Waals surface area contributed by atoms with Gasteiger partial charge in [-0.2, -0.15) is 18.3 Å². The molecule has 3 heterocycles. The molecule has 3 rings (SSSR count). The minimum absolute atomic E-state index is 0.122. The summed E-state index contributed by atoms with van der Waals surface area (Å²) in [5.74, 6) is 1.05. The Morgan fingerprint density at radius 1 is 1.00 bits per heavy atom. The number of alkyl halides is 3. The van der Waals surface area contributed by atoms with E-state index in [1.807, 2.05) is 64.2 Å². The molecular weight excluding hydrogens is 678 g/mol. The lowest BCUT2D eigenvalue weighted by atomic mass is 10.0. The second kappa shape index (κ2) is 17.1. The zero-order valence-electron chi connectivity index (χ0n) is 30.4. The number of nitrogens with zero attached hydrogens (tertiary/aromatic N) is 5. The van der Waals surface area contributed by atoms with Crippen molar-refractivity contribution in [2.75, 3.05) is 20.3 Å². The Morgan fingerprint density at radius 2 is 1.69 bits per heavy atom. The van der Waals surface area contributed by atoms with Gasteiger partial charge >= 0.3 is 6.18 Å². The van der Waals surface area contributed by atoms with Crippen LogP contribution >= 0.6 is 0 Å². The average Bonchev–Trinajstić information content (AvgIpc) is 3.39. The number of aryl methyl sites for hydroxylation is 1. The second-order valence-electron chi connectivity index (χ2n) is 14.2. The van der Waals surface area contributed by atoms with Crippen molar-refractivity contribution >= 4 is 27.6 Å². The van der Waals surface area contributed by atoms with E-state index in [4.69, 9.17) is 14.6 Å². The van der Waals surface area contributed by atoms with Crippen LogP contribution in [-0.4, -0.2) is 74.3 Å². The summed E-state index contributed by atoms with van der Waals surface area (Å²) in [6.07, 6.45) is 0.662. The third-order valence-corrected chi connectivity index (χ3v) is 11.6. The van der Waals surface area contributed by atoms with E-state index < -0.39 is 50.1 Å². The van der Waals surface area contributed by atoms with Crippen LogP contribution in [0.15, 0.2) is 24.5 Å². The lowest BCUT2D eigenvalue weighted by molar-refractivity contribution is -0.136. The first-order valence-electron chi connectivity index (χ1n) is 16.7. The first-order valence-corrected chi connectivity index (χ1v) is 19.0. The van der Waals surface area contributed by atoms with Gasteiger partial charge in [-0.25, -0.2) is 26.9 Å². The molecule has 0 aromatic carbocycles. The molecule has 49 heavy (non-hydrogen) atoms. The van der Waals surface area contributed by atoms with Crippen molar-refractivity contribution < 1.29 is 31.1 Å². The highest BCUT2D eigenvalue weighted by Gasteiger charge is 2.31. The molecule has 0 aliphatic rings. The number of halogens is 3. The zero-order chi connectivity index (χ0) is 36.7. The molecule has 0 bridgehead atoms. The van der Waals surface area contributed by atoms with E-state index >= 15 is 0 Å². The highest BCUT2D eigenvalue weighted by Crippen LogP contribution is 2.35. The molecule has 0 fully saturated rings. The highest BCUT2D eigenvalue weighted by molar-refractivity contribution is 7.84. The molecule has 10 nitrogen and oxygen atoms in total. The molecule has 0 unspecified atom stereocenters. The van der Waals surface area contributed by atoms with Crippen molar-refractivity contribution in [1.29, 1.82) is 0 Å². The maximum Gasteiger partial charge on any atom is 0.389 e. The Balaban J connectivity index is 1.77. The van der Waals surface area contributed by atoms with Crippen molar-refractivity contribution in [2.24, 2.45) is 0 Å². The quantitative estimate of drug-likeness (QED) is 0.142. The average molecular weight is 731 g/mol. The molecule has 0 amide bonds. The number of methoxy groups -OCH3 is 1. The summed E-state index contributed by atoms with van der Waals surface area (Å²) in [6, 6.07) is 2.97. The summed E-state index contributed by atoms with van der Waals surface area (Å²) in [4.78, 5) is 9.24. The van der Waals surface area contributed by atoms with Crippen molar-refractivity contribution in [3.05, 3.63) is 35.9 Å². The summed E-state index contributed by atoms with van der Waals surface area (Å²) >= 11 is 0. The minimum atomic E-state index is -4.26. The Labute approximate surface area is 294 Å². The van der Waals surface area contributed by atoms with Crippen LogP contribution in [0.2, 0.25) is 0 Å². The molecule has 276 valence electrons. The minimum Gasteiger partial charge on any atom is -0.494 e. The third kappa shape index (κ3) is 11.7. The van der Waals surface area contributed by atoms with Crippen LogP contribution in [0.25, 0.3) is 16.9 Å². The lowest BCUT2D eigenvalue weighted by Crippen LogP contribution is -2.40. The lowest BCUT2D eigenvalue weighted by Gasteiger charge is -2.32. The van der Waals surface area contributed by atoms with E-state index in [0.717, 1.165) is 17.8 Å². The van der Waals surface area contributed by atoms with Crippen LogP contribution in [-0.2, 0) is 22.0 Å². The maximum absolute atomic E-state index is 13.3. The summed E-state index contributed by atoms with van der Waals surface area (Å²) in [5, 5.41) is 4.81. The number of hydrogen-bond acceptors (Lipinski definition) is 7. The number of nitrogens with one attached hydrogen (secondary N) is 1. The Morgan fingerprint density at radius 3 is 2.29 bits per heavy atom. The van der Waals surface area contributed by atoms with E-state index in [2.05, 4.69) is 14.7 Å². The molecule has 0 saturated carbocycles. The highest BCUT2D eigenvalue weighted by atomic mass is 32.2. The van der Waals surface area contributed by atoms with Gasteiger partial charge in [-0.05, 0) is 80.7 Å². The summed E-state index contributed by atoms with van der Waals surface area (Å²) in [5.41, 5.74) is 3.31. The topological polar surface area (TPSA) is 111 Å². The van der Waals surface area contributed by atoms with Gasteiger partial charge in [-0.1, -0.05) is 19.8 Å². The fraction of sp³-hybridized carbons (Fsp3) is 0.676. The van der Waals surface area contributed by atoms with Gasteiger partial charge in [-0.15, -0.1) is 0 Å². The number of fused-ring (bicyclic) bond motifs is 1. The number of hydrogen-bond donors (Lipinski definition) is 1. The molecule has 1 N–H and O–H groups in total. The van der Waals surface area contributed by atoms with Crippen LogP contribution < -0.4 is 14.2 Å². The van der Waals surface area contributed by atoms with Gasteiger partial charge in [0.25, 0.3) is 0 Å². The molecule has 0 saturated heterocycles. The van der Waals surface area contributed by atoms with E-state index in [-0.39, 0.29) is 12.5 Å². The van der Waals surface area contributed by atoms with Crippen molar-refractivity contribution in [1.82, 2.24) is 28.6 Å². The third-order valence-electron chi connectivity index (χ3n) is 7.87. The van der Waals surface area contributed by atoms with Gasteiger partial charge in [0.1, 0.15) is 16.7 Å². The summed E-state index contributed by atoms with van der Waals surface area (Å²) in [6.45, 7) is 18.0. The molecule has 0 aliphatic heterocycles. The molecule has 3 aromatic rings. The van der Waals surface area contributed by atoms with Gasteiger partial charge in [-0.3, -0.25) is 4.98 Å². The van der Waals surface area contributed by atoms with Crippen molar-refractivity contribution in [3.63, 3.8) is 0 Å². The van der Waals surface area contributed by atoms with E-state index in [0.29, 0.717) is 60.8 Å². The first-order chi connectivity index (χ1) is 22.7. The van der Waals surface area contributed by atoms with Crippen LogP contribution in [0.5, 0.6) is 11.5 Å². The molecule has 3 aromatic heterocycles. The molecule has 0 spiro atoms. The fourth-order valence-electron chi connectivity index (χ4n) is 5.17. The standard InChI is InChI=1S/C34H53F3N6O4S2/c1-11-43(49(45)33(7,8)9)24(3)27-19-26(30(46-10)21-38-27)28-20-29(31-39-23(2)22-42(31)40-28)47-18-14-12-13-15-25(16-17-34(35,36)37)41-48(44)32(4,5)6/h19-22,24-25,41H,11-18H2,1-10H3/t24-,25-,48+,49+/m1/s1. The smallest absolute Gasteiger partial charge is 0.389 e. The zero-order valence-corrected chi connectivity index (χ0v) is 32.1. The first kappa shape index (κ1) is 40.8. The van der Waals surface area contributed by atoms with E-state index in [1.54, 1.807) is 38.6 Å². The Kier molecular flexibility index (Phi) is 14.2. The van der Waals surface area contributed by atoms with Gasteiger partial charge in [0.15, 0.2) is 11.4 Å². The number of unbranched alkanes of at least 4 members (excludes halogenated alkanes) is 2. The molecule has 0 radical (unpaired) electrons. The largest absolute Gasteiger partial charge is 0.494 e. The van der Waals surface area contributed by atoms with Gasteiger partial charge in [0.2, 0.25) is 0 Å². The van der Waals surface area contributed by atoms with Crippen molar-refractivity contribution in [2.45, 2.75) is 129 Å². The number of rotatable bonds is 17. The molecule has 4 atom stereocenters. The molecule has 15 heteroatoms.